The van der Waals surface area contributed by atoms with Crippen LogP contribution >= 0.6 is 0 Å². The van der Waals surface area contributed by atoms with E-state index >= 15 is 0 Å². The van der Waals surface area contributed by atoms with Crippen molar-refractivity contribution in [2.75, 3.05) is 26.2 Å². The van der Waals surface area contributed by atoms with Gasteiger partial charge in [0.1, 0.15) is 0 Å². The summed E-state index contributed by atoms with van der Waals surface area (Å²) in [6.07, 6.45) is 1.02. The quantitative estimate of drug-likeness (QED) is 0.784. The highest BCUT2D eigenvalue weighted by Gasteiger charge is 2.14. The number of hydrogen-bond acceptors (Lipinski definition) is 2. The molecule has 15 heavy (non-hydrogen) atoms. The molecule has 80 valence electrons. The molecule has 1 aromatic carbocycles. The monoisotopic (exact) mass is 204 g/mol. The summed E-state index contributed by atoms with van der Waals surface area (Å²) in [5.41, 5.74) is 1.34. The zero-order chi connectivity index (χ0) is 10.5. The lowest BCUT2D eigenvalue weighted by Crippen LogP contribution is -2.48. The standard InChI is InChI=1S/C12H16N2O/c15-12-10-14(9-7-13-12)8-6-11-4-2-1-3-5-11/h1-5H,6-10H2,(H,13,15). The van der Waals surface area contributed by atoms with Gasteiger partial charge in [-0.2, -0.15) is 0 Å². The van der Waals surface area contributed by atoms with Crippen LogP contribution in [0.25, 0.3) is 0 Å². The minimum atomic E-state index is 0.148. The lowest BCUT2D eigenvalue weighted by molar-refractivity contribution is -0.124. The van der Waals surface area contributed by atoms with Crippen LogP contribution in [0.5, 0.6) is 0 Å². The third-order valence-electron chi connectivity index (χ3n) is 2.68. The van der Waals surface area contributed by atoms with E-state index in [1.807, 2.05) is 6.07 Å². The Bertz CT molecular complexity index is 324. The van der Waals surface area contributed by atoms with Crippen molar-refractivity contribution in [3.05, 3.63) is 35.9 Å². The zero-order valence-corrected chi connectivity index (χ0v) is 8.78. The summed E-state index contributed by atoms with van der Waals surface area (Å²) in [6, 6.07) is 10.4. The third-order valence-corrected chi connectivity index (χ3v) is 2.68. The molecule has 0 saturated carbocycles. The maximum atomic E-state index is 11.1. The van der Waals surface area contributed by atoms with Crippen molar-refractivity contribution < 1.29 is 4.79 Å². The van der Waals surface area contributed by atoms with Crippen molar-refractivity contribution in [3.63, 3.8) is 0 Å². The molecule has 0 spiro atoms. The summed E-state index contributed by atoms with van der Waals surface area (Å²) in [7, 11) is 0. The Morgan fingerprint density at radius 2 is 2.07 bits per heavy atom. The smallest absolute Gasteiger partial charge is 0.234 e. The second-order valence-corrected chi connectivity index (χ2v) is 3.86. The van der Waals surface area contributed by atoms with Crippen molar-refractivity contribution in [2.24, 2.45) is 0 Å². The van der Waals surface area contributed by atoms with E-state index in [0.717, 1.165) is 26.1 Å². The highest BCUT2D eigenvalue weighted by molar-refractivity contribution is 5.78. The fraction of sp³-hybridized carbons (Fsp3) is 0.417. The normalized spacial score (nSPS) is 17.5. The van der Waals surface area contributed by atoms with Crippen LogP contribution in [-0.2, 0) is 11.2 Å². The Morgan fingerprint density at radius 3 is 2.80 bits per heavy atom. The lowest BCUT2D eigenvalue weighted by atomic mass is 10.1. The first-order chi connectivity index (χ1) is 7.34. The maximum absolute atomic E-state index is 11.1. The molecule has 0 atom stereocenters. The number of piperazine rings is 1. The largest absolute Gasteiger partial charge is 0.354 e. The average molecular weight is 204 g/mol. The minimum absolute atomic E-state index is 0.148. The van der Waals surface area contributed by atoms with Crippen molar-refractivity contribution >= 4 is 5.91 Å². The van der Waals surface area contributed by atoms with Crippen molar-refractivity contribution in [2.45, 2.75) is 6.42 Å². The lowest BCUT2D eigenvalue weighted by Gasteiger charge is -2.26. The van der Waals surface area contributed by atoms with Gasteiger partial charge < -0.3 is 5.32 Å². The van der Waals surface area contributed by atoms with Crippen LogP contribution in [-0.4, -0.2) is 37.0 Å². The predicted molar refractivity (Wildman–Crippen MR) is 59.6 cm³/mol. The third kappa shape index (κ3) is 3.06. The van der Waals surface area contributed by atoms with E-state index in [4.69, 9.17) is 0 Å². The van der Waals surface area contributed by atoms with E-state index in [2.05, 4.69) is 34.5 Å². The number of amides is 1. The molecule has 0 unspecified atom stereocenters. The van der Waals surface area contributed by atoms with E-state index < -0.39 is 0 Å². The molecule has 1 fully saturated rings. The van der Waals surface area contributed by atoms with Gasteiger partial charge in [0, 0.05) is 19.6 Å². The molecule has 1 amide bonds. The maximum Gasteiger partial charge on any atom is 0.234 e. The Balaban J connectivity index is 1.80. The fourth-order valence-electron chi connectivity index (χ4n) is 1.81. The number of carbonyl (C=O) groups excluding carboxylic acids is 1. The first-order valence-corrected chi connectivity index (χ1v) is 5.37. The summed E-state index contributed by atoms with van der Waals surface area (Å²) in [5, 5.41) is 2.83. The van der Waals surface area contributed by atoms with Crippen LogP contribution in [0.3, 0.4) is 0 Å². The van der Waals surface area contributed by atoms with Gasteiger partial charge in [-0.05, 0) is 12.0 Å². The van der Waals surface area contributed by atoms with Gasteiger partial charge in [0.15, 0.2) is 0 Å². The molecule has 3 nitrogen and oxygen atoms in total. The molecular weight excluding hydrogens is 188 g/mol. The number of nitrogens with one attached hydrogen (secondary N) is 1. The highest BCUT2D eigenvalue weighted by atomic mass is 16.2. The molecule has 3 heteroatoms. The van der Waals surface area contributed by atoms with Gasteiger partial charge in [-0.3, -0.25) is 9.69 Å². The SMILES string of the molecule is O=C1CN(CCc2ccccc2)CCN1. The molecule has 1 aromatic rings. The van der Waals surface area contributed by atoms with Gasteiger partial charge in [-0.1, -0.05) is 30.3 Å². The van der Waals surface area contributed by atoms with Gasteiger partial charge in [-0.25, -0.2) is 0 Å². The average Bonchev–Trinajstić information content (AvgIpc) is 2.28. The number of carbonyl (C=O) groups is 1. The zero-order valence-electron chi connectivity index (χ0n) is 8.78. The molecule has 0 aliphatic carbocycles. The van der Waals surface area contributed by atoms with Crippen molar-refractivity contribution in [3.8, 4) is 0 Å². The second-order valence-electron chi connectivity index (χ2n) is 3.86. The molecule has 0 aromatic heterocycles. The minimum Gasteiger partial charge on any atom is -0.354 e. The number of hydrogen-bond donors (Lipinski definition) is 1. The Hall–Kier alpha value is -1.35. The first-order valence-electron chi connectivity index (χ1n) is 5.37. The van der Waals surface area contributed by atoms with Crippen LogP contribution < -0.4 is 5.32 Å². The van der Waals surface area contributed by atoms with Gasteiger partial charge >= 0.3 is 0 Å². The molecule has 1 heterocycles. The van der Waals surface area contributed by atoms with Crippen LogP contribution in [0.4, 0.5) is 0 Å². The second kappa shape index (κ2) is 4.94. The number of rotatable bonds is 3. The van der Waals surface area contributed by atoms with Crippen molar-refractivity contribution in [1.29, 1.82) is 0 Å². The van der Waals surface area contributed by atoms with Crippen LogP contribution in [0.1, 0.15) is 5.56 Å². The number of benzene rings is 1. The van der Waals surface area contributed by atoms with E-state index in [0.29, 0.717) is 6.54 Å². The van der Waals surface area contributed by atoms with E-state index in [1.54, 1.807) is 0 Å². The summed E-state index contributed by atoms with van der Waals surface area (Å²) < 4.78 is 0. The van der Waals surface area contributed by atoms with Crippen LogP contribution in [0, 0.1) is 0 Å². The Morgan fingerprint density at radius 1 is 1.27 bits per heavy atom. The summed E-state index contributed by atoms with van der Waals surface area (Å²) in [6.45, 7) is 3.27. The van der Waals surface area contributed by atoms with Gasteiger partial charge in [0.2, 0.25) is 5.91 Å². The Labute approximate surface area is 90.1 Å². The molecule has 1 aliphatic rings. The van der Waals surface area contributed by atoms with E-state index in [9.17, 15) is 4.79 Å². The van der Waals surface area contributed by atoms with E-state index in [1.165, 1.54) is 5.56 Å². The molecule has 1 aliphatic heterocycles. The van der Waals surface area contributed by atoms with E-state index in [-0.39, 0.29) is 5.91 Å². The summed E-state index contributed by atoms with van der Waals surface area (Å²) >= 11 is 0. The molecule has 1 N–H and O–H groups in total. The molecular formula is C12H16N2O. The van der Waals surface area contributed by atoms with Gasteiger partial charge in [0.25, 0.3) is 0 Å². The molecule has 0 bridgehead atoms. The topological polar surface area (TPSA) is 32.3 Å². The van der Waals surface area contributed by atoms with Crippen LogP contribution in [0.15, 0.2) is 30.3 Å². The molecule has 1 saturated heterocycles. The first kappa shape index (κ1) is 10.2. The number of nitrogens with zero attached hydrogens (tertiary/aromatic N) is 1. The highest BCUT2D eigenvalue weighted by Crippen LogP contribution is 2.02. The van der Waals surface area contributed by atoms with Crippen LogP contribution in [0.2, 0.25) is 0 Å². The Kier molecular flexibility index (Phi) is 3.35. The van der Waals surface area contributed by atoms with Gasteiger partial charge in [-0.15, -0.1) is 0 Å². The molecule has 0 radical (unpaired) electrons. The molecule has 2 rings (SSSR count). The van der Waals surface area contributed by atoms with Crippen molar-refractivity contribution in [1.82, 2.24) is 10.2 Å². The fourth-order valence-corrected chi connectivity index (χ4v) is 1.81. The summed E-state index contributed by atoms with van der Waals surface area (Å²) in [4.78, 5) is 13.3. The predicted octanol–water partition coefficient (Wildman–Crippen LogP) is 0.661. The summed E-state index contributed by atoms with van der Waals surface area (Å²) in [5.74, 6) is 0.148. The van der Waals surface area contributed by atoms with Gasteiger partial charge in [0.05, 0.1) is 6.54 Å².